The van der Waals surface area contributed by atoms with Crippen molar-refractivity contribution >= 4 is 10.2 Å². The first-order valence-corrected chi connectivity index (χ1v) is 10.5. The smallest absolute Gasteiger partial charge is 0.277 e. The molecule has 3 rings (SSSR count). The number of nitrogens with one attached hydrogen (secondary N) is 2. The van der Waals surface area contributed by atoms with E-state index < -0.39 is 10.2 Å². The molecule has 1 aliphatic rings. The van der Waals surface area contributed by atoms with Crippen LogP contribution in [-0.2, 0) is 23.2 Å². The van der Waals surface area contributed by atoms with Gasteiger partial charge >= 0.3 is 0 Å². The Kier molecular flexibility index (Phi) is 6.43. The zero-order chi connectivity index (χ0) is 18.4. The van der Waals surface area contributed by atoms with E-state index >= 15 is 0 Å². The van der Waals surface area contributed by atoms with Gasteiger partial charge in [-0.05, 0) is 43.5 Å². The van der Waals surface area contributed by atoms with E-state index in [1.807, 2.05) is 48.5 Å². The van der Waals surface area contributed by atoms with Gasteiger partial charge < -0.3 is 4.90 Å². The molecule has 1 saturated heterocycles. The van der Waals surface area contributed by atoms with Crippen molar-refractivity contribution in [2.45, 2.75) is 25.4 Å². The van der Waals surface area contributed by atoms with Crippen LogP contribution in [0.4, 0.5) is 0 Å². The van der Waals surface area contributed by atoms with Crippen LogP contribution >= 0.6 is 0 Å². The standard InChI is InChI=1S/C20H27N3O2S/c1-23-13-12-20(19(16-23)14-17-8-4-2-5-9-17)22-26(24,25)21-15-18-10-6-3-7-11-18/h2-11,19-22H,12-16H2,1H3/t19-,20+/m0/s1. The Hall–Kier alpha value is -1.73. The summed E-state index contributed by atoms with van der Waals surface area (Å²) in [6.45, 7) is 2.09. The molecule has 1 heterocycles. The molecule has 2 atom stereocenters. The third-order valence-corrected chi connectivity index (χ3v) is 6.03. The summed E-state index contributed by atoms with van der Waals surface area (Å²) < 4.78 is 30.6. The first-order valence-electron chi connectivity index (χ1n) is 9.05. The van der Waals surface area contributed by atoms with E-state index in [1.165, 1.54) is 5.56 Å². The van der Waals surface area contributed by atoms with Crippen molar-refractivity contribution in [3.8, 4) is 0 Å². The molecule has 0 bridgehead atoms. The summed E-state index contributed by atoms with van der Waals surface area (Å²) in [5.74, 6) is 0.254. The average molecular weight is 374 g/mol. The van der Waals surface area contributed by atoms with Gasteiger partial charge in [-0.25, -0.2) is 0 Å². The van der Waals surface area contributed by atoms with Crippen LogP contribution in [0.25, 0.3) is 0 Å². The van der Waals surface area contributed by atoms with Gasteiger partial charge in [-0.3, -0.25) is 0 Å². The maximum Gasteiger partial charge on any atom is 0.277 e. The van der Waals surface area contributed by atoms with Gasteiger partial charge in [0.05, 0.1) is 0 Å². The second-order valence-corrected chi connectivity index (χ2v) is 8.57. The van der Waals surface area contributed by atoms with E-state index in [4.69, 9.17) is 0 Å². The lowest BCUT2D eigenvalue weighted by atomic mass is 9.87. The SMILES string of the molecule is CN1CC[C@@H](NS(=O)(=O)NCc2ccccc2)[C@@H](Cc2ccccc2)C1. The molecule has 0 spiro atoms. The van der Waals surface area contributed by atoms with Crippen LogP contribution < -0.4 is 9.44 Å². The highest BCUT2D eigenvalue weighted by molar-refractivity contribution is 7.87. The summed E-state index contributed by atoms with van der Waals surface area (Å²) >= 11 is 0. The maximum absolute atomic E-state index is 12.5. The predicted octanol–water partition coefficient (Wildman–Crippen LogP) is 2.17. The molecule has 1 fully saturated rings. The molecular formula is C20H27N3O2S. The molecule has 0 amide bonds. The molecule has 140 valence electrons. The fourth-order valence-electron chi connectivity index (χ4n) is 3.51. The number of hydrogen-bond acceptors (Lipinski definition) is 3. The topological polar surface area (TPSA) is 61.4 Å². The molecule has 0 saturated carbocycles. The summed E-state index contributed by atoms with van der Waals surface area (Å²) in [5, 5.41) is 0. The first kappa shape index (κ1) is 19.0. The third kappa shape index (κ3) is 5.64. The van der Waals surface area contributed by atoms with Crippen molar-refractivity contribution in [2.24, 2.45) is 5.92 Å². The summed E-state index contributed by atoms with van der Waals surface area (Å²) in [7, 11) is -1.45. The van der Waals surface area contributed by atoms with Gasteiger partial charge in [-0.1, -0.05) is 60.7 Å². The van der Waals surface area contributed by atoms with Crippen molar-refractivity contribution in [1.82, 2.24) is 14.3 Å². The third-order valence-electron chi connectivity index (χ3n) is 4.89. The molecule has 2 aromatic carbocycles. The van der Waals surface area contributed by atoms with Gasteiger partial charge in [0.2, 0.25) is 0 Å². The van der Waals surface area contributed by atoms with Gasteiger partial charge in [0.25, 0.3) is 10.2 Å². The van der Waals surface area contributed by atoms with E-state index in [1.54, 1.807) is 0 Å². The minimum atomic E-state index is -3.54. The maximum atomic E-state index is 12.5. The molecule has 0 aromatic heterocycles. The van der Waals surface area contributed by atoms with Crippen LogP contribution in [0.1, 0.15) is 17.5 Å². The molecule has 26 heavy (non-hydrogen) atoms. The minimum Gasteiger partial charge on any atom is -0.306 e. The molecular weight excluding hydrogens is 346 g/mol. The lowest BCUT2D eigenvalue weighted by molar-refractivity contribution is 0.176. The minimum absolute atomic E-state index is 0.0559. The van der Waals surface area contributed by atoms with Crippen molar-refractivity contribution in [3.63, 3.8) is 0 Å². The lowest BCUT2D eigenvalue weighted by Crippen LogP contribution is -2.52. The number of piperidine rings is 1. The van der Waals surface area contributed by atoms with Crippen LogP contribution in [0.3, 0.4) is 0 Å². The Morgan fingerprint density at radius 1 is 1.00 bits per heavy atom. The predicted molar refractivity (Wildman–Crippen MR) is 105 cm³/mol. The summed E-state index contributed by atoms with van der Waals surface area (Å²) in [4.78, 5) is 2.27. The molecule has 0 aliphatic carbocycles. The number of likely N-dealkylation sites (tertiary alicyclic amines) is 1. The fraction of sp³-hybridized carbons (Fsp3) is 0.400. The quantitative estimate of drug-likeness (QED) is 0.782. The molecule has 6 heteroatoms. The van der Waals surface area contributed by atoms with Crippen molar-refractivity contribution in [3.05, 3.63) is 71.8 Å². The van der Waals surface area contributed by atoms with Gasteiger partial charge in [-0.2, -0.15) is 17.9 Å². The largest absolute Gasteiger partial charge is 0.306 e. The molecule has 1 aliphatic heterocycles. The Balaban J connectivity index is 1.63. The van der Waals surface area contributed by atoms with E-state index in [2.05, 4.69) is 33.5 Å². The van der Waals surface area contributed by atoms with E-state index in [0.29, 0.717) is 6.54 Å². The average Bonchev–Trinajstić information content (AvgIpc) is 2.64. The van der Waals surface area contributed by atoms with Crippen LogP contribution in [0, 0.1) is 5.92 Å². The lowest BCUT2D eigenvalue weighted by Gasteiger charge is -2.37. The van der Waals surface area contributed by atoms with Crippen LogP contribution in [-0.4, -0.2) is 39.5 Å². The first-order chi connectivity index (χ1) is 12.5. The summed E-state index contributed by atoms with van der Waals surface area (Å²) in [6.07, 6.45) is 1.69. The van der Waals surface area contributed by atoms with Crippen molar-refractivity contribution in [1.29, 1.82) is 0 Å². The Bertz CT molecular complexity index is 781. The van der Waals surface area contributed by atoms with E-state index in [-0.39, 0.29) is 12.0 Å². The molecule has 2 N–H and O–H groups in total. The number of hydrogen-bond donors (Lipinski definition) is 2. The van der Waals surface area contributed by atoms with E-state index in [9.17, 15) is 8.42 Å². The van der Waals surface area contributed by atoms with Gasteiger partial charge in [0.1, 0.15) is 0 Å². The summed E-state index contributed by atoms with van der Waals surface area (Å²) in [5.41, 5.74) is 2.19. The van der Waals surface area contributed by atoms with Gasteiger partial charge in [0.15, 0.2) is 0 Å². The van der Waals surface area contributed by atoms with E-state index in [0.717, 1.165) is 31.5 Å². The number of benzene rings is 2. The normalized spacial score (nSPS) is 21.6. The molecule has 2 aromatic rings. The molecule has 0 radical (unpaired) electrons. The highest BCUT2D eigenvalue weighted by atomic mass is 32.2. The van der Waals surface area contributed by atoms with Crippen LogP contribution in [0.5, 0.6) is 0 Å². The van der Waals surface area contributed by atoms with Crippen LogP contribution in [0.15, 0.2) is 60.7 Å². The zero-order valence-electron chi connectivity index (χ0n) is 15.1. The van der Waals surface area contributed by atoms with Gasteiger partial charge in [-0.15, -0.1) is 0 Å². The van der Waals surface area contributed by atoms with Crippen molar-refractivity contribution < 1.29 is 8.42 Å². The molecule has 0 unspecified atom stereocenters. The van der Waals surface area contributed by atoms with Gasteiger partial charge in [0, 0.05) is 19.1 Å². The zero-order valence-corrected chi connectivity index (χ0v) is 16.0. The van der Waals surface area contributed by atoms with Crippen molar-refractivity contribution in [2.75, 3.05) is 20.1 Å². The van der Waals surface area contributed by atoms with Crippen LogP contribution in [0.2, 0.25) is 0 Å². The Morgan fingerprint density at radius 3 is 2.27 bits per heavy atom. The Morgan fingerprint density at radius 2 is 1.62 bits per heavy atom. The highest BCUT2D eigenvalue weighted by Gasteiger charge is 2.30. The summed E-state index contributed by atoms with van der Waals surface area (Å²) in [6, 6.07) is 19.8. The fourth-order valence-corrected chi connectivity index (χ4v) is 4.66. The number of nitrogens with zero attached hydrogens (tertiary/aromatic N) is 1. The molecule has 5 nitrogen and oxygen atoms in total. The Labute approximate surface area is 156 Å². The second-order valence-electron chi connectivity index (χ2n) is 7.04. The highest BCUT2D eigenvalue weighted by Crippen LogP contribution is 2.21. The second kappa shape index (κ2) is 8.77. The monoisotopic (exact) mass is 373 g/mol. The number of rotatable bonds is 7.